The average molecular weight is 337 g/mol. The van der Waals surface area contributed by atoms with Gasteiger partial charge in [0.05, 0.1) is 11.3 Å². The summed E-state index contributed by atoms with van der Waals surface area (Å²) in [5, 5.41) is 2.90. The van der Waals surface area contributed by atoms with Gasteiger partial charge in [0.2, 0.25) is 0 Å². The van der Waals surface area contributed by atoms with Crippen molar-refractivity contribution in [3.8, 4) is 0 Å². The normalized spacial score (nSPS) is 15.0. The molecule has 0 saturated carbocycles. The molecule has 0 atom stereocenters. The number of benzene rings is 2. The van der Waals surface area contributed by atoms with Crippen molar-refractivity contribution in [2.45, 2.75) is 6.92 Å². The number of aryl methyl sites for hydroxylation is 1. The first-order valence-corrected chi connectivity index (χ1v) is 8.50. The van der Waals surface area contributed by atoms with Crippen molar-refractivity contribution in [2.75, 3.05) is 38.5 Å². The Bertz CT molecular complexity index is 780. The largest absolute Gasteiger partial charge is 0.336 e. The number of hydrogen-bond acceptors (Lipinski definition) is 3. The van der Waals surface area contributed by atoms with E-state index in [4.69, 9.17) is 0 Å². The van der Waals surface area contributed by atoms with E-state index in [9.17, 15) is 9.59 Å². The third kappa shape index (κ3) is 3.88. The molecule has 5 nitrogen and oxygen atoms in total. The molecule has 5 heteroatoms. The number of nitrogens with zero attached hydrogens (tertiary/aromatic N) is 2. The molecule has 1 heterocycles. The molecule has 3 rings (SSSR count). The van der Waals surface area contributed by atoms with Crippen LogP contribution in [0.4, 0.5) is 5.69 Å². The fourth-order valence-electron chi connectivity index (χ4n) is 2.98. The molecule has 130 valence electrons. The van der Waals surface area contributed by atoms with Crippen molar-refractivity contribution in [2.24, 2.45) is 0 Å². The Kier molecular flexibility index (Phi) is 5.14. The number of nitrogens with one attached hydrogen (secondary N) is 1. The van der Waals surface area contributed by atoms with E-state index in [2.05, 4.69) is 17.3 Å². The Morgan fingerprint density at radius 1 is 0.880 bits per heavy atom. The first-order chi connectivity index (χ1) is 12.1. The Balaban J connectivity index is 1.80. The maximum absolute atomic E-state index is 12.9. The maximum atomic E-state index is 12.9. The van der Waals surface area contributed by atoms with Gasteiger partial charge in [0.25, 0.3) is 11.8 Å². The van der Waals surface area contributed by atoms with Crippen molar-refractivity contribution in [3.63, 3.8) is 0 Å². The molecule has 0 aliphatic carbocycles. The summed E-state index contributed by atoms with van der Waals surface area (Å²) in [5.74, 6) is -0.231. The van der Waals surface area contributed by atoms with Gasteiger partial charge in [0, 0.05) is 31.7 Å². The first-order valence-electron chi connectivity index (χ1n) is 8.50. The summed E-state index contributed by atoms with van der Waals surface area (Å²) in [7, 11) is 2.05. The lowest BCUT2D eigenvalue weighted by Crippen LogP contribution is -2.47. The molecule has 1 aliphatic rings. The summed E-state index contributed by atoms with van der Waals surface area (Å²) in [6.45, 7) is 5.04. The molecule has 2 amide bonds. The third-order valence-corrected chi connectivity index (χ3v) is 4.59. The van der Waals surface area contributed by atoms with Gasteiger partial charge < -0.3 is 15.1 Å². The molecular weight excluding hydrogens is 314 g/mol. The molecule has 1 aliphatic heterocycles. The van der Waals surface area contributed by atoms with E-state index < -0.39 is 0 Å². The number of rotatable bonds is 3. The molecule has 1 saturated heterocycles. The standard InChI is InChI=1S/C20H23N3O2/c1-15-7-3-4-8-16(15)19(24)21-18-10-6-5-9-17(18)20(25)23-13-11-22(2)12-14-23/h3-10H,11-14H2,1-2H3,(H,21,24). The van der Waals surface area contributed by atoms with E-state index in [1.54, 1.807) is 18.2 Å². The lowest BCUT2D eigenvalue weighted by atomic mass is 10.1. The molecule has 0 bridgehead atoms. The van der Waals surface area contributed by atoms with Crippen LogP contribution in [0, 0.1) is 6.92 Å². The van der Waals surface area contributed by atoms with Crippen LogP contribution in [0.25, 0.3) is 0 Å². The van der Waals surface area contributed by atoms with Gasteiger partial charge in [-0.1, -0.05) is 30.3 Å². The molecule has 25 heavy (non-hydrogen) atoms. The van der Waals surface area contributed by atoms with Crippen LogP contribution in [0.1, 0.15) is 26.3 Å². The number of carbonyl (C=O) groups excluding carboxylic acids is 2. The molecular formula is C20H23N3O2. The predicted octanol–water partition coefficient (Wildman–Crippen LogP) is 2.63. The summed E-state index contributed by atoms with van der Waals surface area (Å²) in [6, 6.07) is 14.6. The molecule has 0 spiro atoms. The molecule has 1 N–H and O–H groups in total. The fourth-order valence-corrected chi connectivity index (χ4v) is 2.98. The van der Waals surface area contributed by atoms with Crippen molar-refractivity contribution in [1.82, 2.24) is 9.80 Å². The monoisotopic (exact) mass is 337 g/mol. The van der Waals surface area contributed by atoms with Crippen LogP contribution in [-0.4, -0.2) is 54.8 Å². The topological polar surface area (TPSA) is 52.7 Å². The lowest BCUT2D eigenvalue weighted by Gasteiger charge is -2.32. The second-order valence-electron chi connectivity index (χ2n) is 6.41. The first kappa shape index (κ1) is 17.2. The zero-order valence-electron chi connectivity index (χ0n) is 14.7. The van der Waals surface area contributed by atoms with Crippen molar-refractivity contribution >= 4 is 17.5 Å². The van der Waals surface area contributed by atoms with Crippen molar-refractivity contribution < 1.29 is 9.59 Å². The summed E-state index contributed by atoms with van der Waals surface area (Å²) in [6.07, 6.45) is 0. The van der Waals surface area contributed by atoms with Crippen LogP contribution in [0.15, 0.2) is 48.5 Å². The van der Waals surface area contributed by atoms with Gasteiger partial charge in [-0.15, -0.1) is 0 Å². The predicted molar refractivity (Wildman–Crippen MR) is 99.0 cm³/mol. The van der Waals surface area contributed by atoms with Crippen molar-refractivity contribution in [3.05, 3.63) is 65.2 Å². The number of hydrogen-bond donors (Lipinski definition) is 1. The highest BCUT2D eigenvalue weighted by Crippen LogP contribution is 2.20. The van der Waals surface area contributed by atoms with Gasteiger partial charge in [-0.05, 0) is 37.7 Å². The van der Waals surface area contributed by atoms with E-state index in [0.29, 0.717) is 29.9 Å². The minimum absolute atomic E-state index is 0.0335. The van der Waals surface area contributed by atoms with Gasteiger partial charge in [-0.2, -0.15) is 0 Å². The molecule has 2 aromatic carbocycles. The van der Waals surface area contributed by atoms with E-state index in [-0.39, 0.29) is 11.8 Å². The summed E-state index contributed by atoms with van der Waals surface area (Å²) in [4.78, 5) is 29.5. The number of carbonyl (C=O) groups is 2. The summed E-state index contributed by atoms with van der Waals surface area (Å²) < 4.78 is 0. The fraction of sp³-hybridized carbons (Fsp3) is 0.300. The smallest absolute Gasteiger partial charge is 0.256 e. The van der Waals surface area contributed by atoms with Crippen LogP contribution >= 0.6 is 0 Å². The molecule has 0 aromatic heterocycles. The van der Waals surface area contributed by atoms with E-state index >= 15 is 0 Å². The second-order valence-corrected chi connectivity index (χ2v) is 6.41. The molecule has 0 radical (unpaired) electrons. The van der Waals surface area contributed by atoms with Gasteiger partial charge in [-0.3, -0.25) is 9.59 Å². The minimum Gasteiger partial charge on any atom is -0.336 e. The summed E-state index contributed by atoms with van der Waals surface area (Å²) in [5.41, 5.74) is 2.61. The maximum Gasteiger partial charge on any atom is 0.256 e. The SMILES string of the molecule is Cc1ccccc1C(=O)Nc1ccccc1C(=O)N1CCN(C)CC1. The van der Waals surface area contributed by atoms with Gasteiger partial charge in [0.1, 0.15) is 0 Å². The molecule has 2 aromatic rings. The summed E-state index contributed by atoms with van der Waals surface area (Å²) >= 11 is 0. The van der Waals surface area contributed by atoms with Gasteiger partial charge >= 0.3 is 0 Å². The van der Waals surface area contributed by atoms with Crippen LogP contribution in [0.3, 0.4) is 0 Å². The number of anilines is 1. The number of likely N-dealkylation sites (N-methyl/N-ethyl adjacent to an activating group) is 1. The van der Waals surface area contributed by atoms with E-state index in [1.807, 2.05) is 42.2 Å². The molecule has 0 unspecified atom stereocenters. The van der Waals surface area contributed by atoms with Crippen LogP contribution in [-0.2, 0) is 0 Å². The van der Waals surface area contributed by atoms with Crippen LogP contribution < -0.4 is 5.32 Å². The van der Waals surface area contributed by atoms with E-state index in [0.717, 1.165) is 18.7 Å². The Morgan fingerprint density at radius 3 is 2.16 bits per heavy atom. The van der Waals surface area contributed by atoms with Crippen LogP contribution in [0.5, 0.6) is 0 Å². The number of para-hydroxylation sites is 1. The highest BCUT2D eigenvalue weighted by molar-refractivity contribution is 6.09. The number of piperazine rings is 1. The minimum atomic E-state index is -0.197. The Morgan fingerprint density at radius 2 is 1.48 bits per heavy atom. The van der Waals surface area contributed by atoms with Gasteiger partial charge in [0.15, 0.2) is 0 Å². The molecule has 1 fully saturated rings. The van der Waals surface area contributed by atoms with E-state index in [1.165, 1.54) is 0 Å². The zero-order valence-corrected chi connectivity index (χ0v) is 14.7. The highest BCUT2D eigenvalue weighted by atomic mass is 16.2. The quantitative estimate of drug-likeness (QED) is 0.937. The van der Waals surface area contributed by atoms with Gasteiger partial charge in [-0.25, -0.2) is 0 Å². The second kappa shape index (κ2) is 7.49. The third-order valence-electron chi connectivity index (χ3n) is 4.59. The lowest BCUT2D eigenvalue weighted by molar-refractivity contribution is 0.0665. The highest BCUT2D eigenvalue weighted by Gasteiger charge is 2.23. The van der Waals surface area contributed by atoms with Crippen LogP contribution in [0.2, 0.25) is 0 Å². The number of amides is 2. The average Bonchev–Trinajstić information content (AvgIpc) is 2.62. The zero-order chi connectivity index (χ0) is 17.8. The Hall–Kier alpha value is -2.66. The van der Waals surface area contributed by atoms with Crippen molar-refractivity contribution in [1.29, 1.82) is 0 Å². The Labute approximate surface area is 148 Å².